The molecule has 1 heterocycles. The number of aromatic nitrogens is 3. The SMILES string of the molecule is CCn1c(SCC(=O)Nc2ccc(C)c(C)c2)nnc1-c1cc(Br)ccc1O. The highest BCUT2D eigenvalue weighted by atomic mass is 79.9. The van der Waals surface area contributed by atoms with Gasteiger partial charge in [-0.15, -0.1) is 10.2 Å². The Kier molecular flexibility index (Phi) is 6.41. The lowest BCUT2D eigenvalue weighted by Gasteiger charge is -2.10. The highest BCUT2D eigenvalue weighted by Crippen LogP contribution is 2.32. The van der Waals surface area contributed by atoms with Gasteiger partial charge in [0.05, 0.1) is 11.3 Å². The maximum atomic E-state index is 12.3. The average Bonchev–Trinajstić information content (AvgIpc) is 3.07. The van der Waals surface area contributed by atoms with Gasteiger partial charge in [-0.3, -0.25) is 4.79 Å². The van der Waals surface area contributed by atoms with Gasteiger partial charge in [0.1, 0.15) is 5.75 Å². The van der Waals surface area contributed by atoms with Gasteiger partial charge < -0.3 is 15.0 Å². The predicted molar refractivity (Wildman–Crippen MR) is 116 cm³/mol. The van der Waals surface area contributed by atoms with Gasteiger partial charge in [0.15, 0.2) is 11.0 Å². The summed E-state index contributed by atoms with van der Waals surface area (Å²) in [7, 11) is 0. The van der Waals surface area contributed by atoms with E-state index in [2.05, 4.69) is 31.4 Å². The van der Waals surface area contributed by atoms with Crippen LogP contribution in [0.25, 0.3) is 11.4 Å². The van der Waals surface area contributed by atoms with Crippen molar-refractivity contribution in [2.75, 3.05) is 11.1 Å². The van der Waals surface area contributed by atoms with Crippen LogP contribution in [0.4, 0.5) is 5.69 Å². The van der Waals surface area contributed by atoms with Gasteiger partial charge in [-0.2, -0.15) is 0 Å². The molecule has 146 valence electrons. The van der Waals surface area contributed by atoms with Crippen LogP contribution in [0.15, 0.2) is 46.0 Å². The largest absolute Gasteiger partial charge is 0.507 e. The van der Waals surface area contributed by atoms with Gasteiger partial charge in [-0.05, 0) is 62.2 Å². The summed E-state index contributed by atoms with van der Waals surface area (Å²) in [4.78, 5) is 12.3. The van der Waals surface area contributed by atoms with E-state index in [1.807, 2.05) is 43.5 Å². The number of anilines is 1. The maximum Gasteiger partial charge on any atom is 0.234 e. The second-order valence-corrected chi connectivity index (χ2v) is 8.21. The lowest BCUT2D eigenvalue weighted by molar-refractivity contribution is -0.113. The first-order valence-corrected chi connectivity index (χ1v) is 10.6. The van der Waals surface area contributed by atoms with Crippen LogP contribution in [0, 0.1) is 13.8 Å². The van der Waals surface area contributed by atoms with Crippen LogP contribution < -0.4 is 5.32 Å². The van der Waals surface area contributed by atoms with Crippen LogP contribution >= 0.6 is 27.7 Å². The number of phenolic OH excluding ortho intramolecular Hbond substituents is 1. The standard InChI is InChI=1S/C20H21BrN4O2S/c1-4-25-19(16-10-14(21)6-8-17(16)26)23-24-20(25)28-11-18(27)22-15-7-5-12(2)13(3)9-15/h5-10,26H,4,11H2,1-3H3,(H,22,27). The molecule has 0 radical (unpaired) electrons. The Hall–Kier alpha value is -2.32. The van der Waals surface area contributed by atoms with Crippen molar-refractivity contribution in [3.05, 3.63) is 52.0 Å². The fourth-order valence-corrected chi connectivity index (χ4v) is 3.88. The van der Waals surface area contributed by atoms with Crippen molar-refractivity contribution in [2.45, 2.75) is 32.5 Å². The normalized spacial score (nSPS) is 10.9. The fraction of sp³-hybridized carbons (Fsp3) is 0.250. The monoisotopic (exact) mass is 460 g/mol. The number of halogens is 1. The van der Waals surface area contributed by atoms with Crippen LogP contribution in [0.2, 0.25) is 0 Å². The zero-order valence-corrected chi connectivity index (χ0v) is 18.3. The van der Waals surface area contributed by atoms with E-state index in [1.165, 1.54) is 17.3 Å². The molecule has 0 fully saturated rings. The molecule has 0 aliphatic carbocycles. The highest BCUT2D eigenvalue weighted by molar-refractivity contribution is 9.10. The quantitative estimate of drug-likeness (QED) is 0.517. The first-order chi connectivity index (χ1) is 13.4. The summed E-state index contributed by atoms with van der Waals surface area (Å²) in [6.07, 6.45) is 0. The minimum absolute atomic E-state index is 0.106. The Morgan fingerprint density at radius 2 is 1.96 bits per heavy atom. The number of hydrogen-bond acceptors (Lipinski definition) is 5. The molecule has 0 saturated heterocycles. The number of aromatic hydroxyl groups is 1. The second-order valence-electron chi connectivity index (χ2n) is 6.35. The molecular weight excluding hydrogens is 440 g/mol. The molecule has 28 heavy (non-hydrogen) atoms. The highest BCUT2D eigenvalue weighted by Gasteiger charge is 2.17. The third-order valence-corrected chi connectivity index (χ3v) is 5.82. The van der Waals surface area contributed by atoms with Crippen LogP contribution in [0.1, 0.15) is 18.1 Å². The summed E-state index contributed by atoms with van der Waals surface area (Å²) in [5.74, 6) is 0.814. The zero-order valence-electron chi connectivity index (χ0n) is 15.9. The van der Waals surface area contributed by atoms with Crippen molar-refractivity contribution in [1.29, 1.82) is 0 Å². The molecule has 0 bridgehead atoms. The van der Waals surface area contributed by atoms with Gasteiger partial charge >= 0.3 is 0 Å². The first kappa shape index (κ1) is 20.4. The van der Waals surface area contributed by atoms with E-state index in [4.69, 9.17) is 0 Å². The van der Waals surface area contributed by atoms with E-state index in [9.17, 15) is 9.90 Å². The number of nitrogens with one attached hydrogen (secondary N) is 1. The number of thioether (sulfide) groups is 1. The summed E-state index contributed by atoms with van der Waals surface area (Å²) in [6.45, 7) is 6.65. The number of benzene rings is 2. The summed E-state index contributed by atoms with van der Waals surface area (Å²) in [5.41, 5.74) is 3.70. The number of carbonyl (C=O) groups excluding carboxylic acids is 1. The Morgan fingerprint density at radius 1 is 1.18 bits per heavy atom. The van der Waals surface area contributed by atoms with Gasteiger partial charge in [0, 0.05) is 16.7 Å². The van der Waals surface area contributed by atoms with E-state index in [0.29, 0.717) is 23.1 Å². The Labute approximate surface area is 176 Å². The molecule has 1 aromatic heterocycles. The molecule has 0 aliphatic rings. The zero-order chi connectivity index (χ0) is 20.3. The number of aryl methyl sites for hydroxylation is 2. The van der Waals surface area contributed by atoms with Gasteiger partial charge in [0.2, 0.25) is 5.91 Å². The van der Waals surface area contributed by atoms with Crippen molar-refractivity contribution in [3.8, 4) is 17.1 Å². The van der Waals surface area contributed by atoms with Crippen LogP contribution in [0.3, 0.4) is 0 Å². The summed E-state index contributed by atoms with van der Waals surface area (Å²) in [5, 5.41) is 22.1. The molecule has 2 aromatic carbocycles. The van der Waals surface area contributed by atoms with Crippen molar-refractivity contribution < 1.29 is 9.90 Å². The number of nitrogens with zero attached hydrogens (tertiary/aromatic N) is 3. The Bertz CT molecular complexity index is 1020. The smallest absolute Gasteiger partial charge is 0.234 e. The molecule has 8 heteroatoms. The first-order valence-electron chi connectivity index (χ1n) is 8.81. The Balaban J connectivity index is 1.72. The van der Waals surface area contributed by atoms with E-state index < -0.39 is 0 Å². The number of rotatable bonds is 6. The van der Waals surface area contributed by atoms with Gasteiger partial charge in [0.25, 0.3) is 0 Å². The van der Waals surface area contributed by atoms with E-state index in [1.54, 1.807) is 18.2 Å². The molecule has 0 atom stereocenters. The second kappa shape index (κ2) is 8.79. The molecule has 3 rings (SSSR count). The van der Waals surface area contributed by atoms with Gasteiger partial charge in [-0.1, -0.05) is 33.8 Å². The predicted octanol–water partition coefficient (Wildman–Crippen LogP) is 4.78. The van der Waals surface area contributed by atoms with E-state index in [0.717, 1.165) is 15.7 Å². The third-order valence-electron chi connectivity index (χ3n) is 4.36. The molecule has 6 nitrogen and oxygen atoms in total. The molecule has 0 spiro atoms. The maximum absolute atomic E-state index is 12.3. The topological polar surface area (TPSA) is 80.0 Å². The molecule has 0 saturated carbocycles. The minimum atomic E-state index is -0.106. The molecule has 2 N–H and O–H groups in total. The third kappa shape index (κ3) is 4.56. The molecule has 1 amide bonds. The van der Waals surface area contributed by atoms with Gasteiger partial charge in [-0.25, -0.2) is 0 Å². The number of hydrogen-bond donors (Lipinski definition) is 2. The van der Waals surface area contributed by atoms with Crippen molar-refractivity contribution >= 4 is 39.3 Å². The summed E-state index contributed by atoms with van der Waals surface area (Å²) >= 11 is 4.73. The lowest BCUT2D eigenvalue weighted by Crippen LogP contribution is -2.14. The van der Waals surface area contributed by atoms with Crippen molar-refractivity contribution in [3.63, 3.8) is 0 Å². The molecular formula is C20H21BrN4O2S. The van der Waals surface area contributed by atoms with E-state index >= 15 is 0 Å². The van der Waals surface area contributed by atoms with Crippen LogP contribution in [-0.4, -0.2) is 31.5 Å². The summed E-state index contributed by atoms with van der Waals surface area (Å²) in [6, 6.07) is 11.0. The summed E-state index contributed by atoms with van der Waals surface area (Å²) < 4.78 is 2.73. The molecule has 0 unspecified atom stereocenters. The number of amides is 1. The van der Waals surface area contributed by atoms with Crippen LogP contribution in [-0.2, 0) is 11.3 Å². The molecule has 0 aliphatic heterocycles. The Morgan fingerprint density at radius 3 is 2.68 bits per heavy atom. The van der Waals surface area contributed by atoms with Crippen molar-refractivity contribution in [2.24, 2.45) is 0 Å². The van der Waals surface area contributed by atoms with Crippen molar-refractivity contribution in [1.82, 2.24) is 14.8 Å². The fourth-order valence-electron chi connectivity index (χ4n) is 2.71. The minimum Gasteiger partial charge on any atom is -0.507 e. The van der Waals surface area contributed by atoms with Crippen LogP contribution in [0.5, 0.6) is 5.75 Å². The molecule has 3 aromatic rings. The van der Waals surface area contributed by atoms with E-state index in [-0.39, 0.29) is 17.4 Å². The number of phenols is 1. The average molecular weight is 461 g/mol. The lowest BCUT2D eigenvalue weighted by atomic mass is 10.1. The number of carbonyl (C=O) groups is 1.